The summed E-state index contributed by atoms with van der Waals surface area (Å²) in [6, 6.07) is 7.25. The van der Waals surface area contributed by atoms with Crippen molar-refractivity contribution in [1.29, 1.82) is 0 Å². The van der Waals surface area contributed by atoms with E-state index >= 15 is 0 Å². The highest BCUT2D eigenvalue weighted by atomic mass is 16.6. The van der Waals surface area contributed by atoms with Gasteiger partial charge in [-0.3, -0.25) is 4.79 Å². The van der Waals surface area contributed by atoms with Crippen LogP contribution in [0.1, 0.15) is 6.92 Å². The van der Waals surface area contributed by atoms with E-state index in [1.54, 1.807) is 12.1 Å². The number of carbonyl (C=O) groups is 1. The van der Waals surface area contributed by atoms with Crippen molar-refractivity contribution >= 4 is 11.7 Å². The zero-order valence-electron chi connectivity index (χ0n) is 26.3. The SMILES string of the molecule is CC(=O)OCCOCCOCCOCCOCCOCCOCCOCCOCCOCCOCCOc1ccc(N)cc1. The zero-order chi connectivity index (χ0) is 31.6. The van der Waals surface area contributed by atoms with E-state index in [1.165, 1.54) is 6.92 Å². The molecule has 1 aromatic rings. The van der Waals surface area contributed by atoms with Crippen LogP contribution in [-0.4, -0.2) is 151 Å². The summed E-state index contributed by atoms with van der Waals surface area (Å²) in [6.45, 7) is 11.8. The lowest BCUT2D eigenvalue weighted by Crippen LogP contribution is -2.15. The van der Waals surface area contributed by atoms with Gasteiger partial charge in [-0.05, 0) is 24.3 Å². The first kappa shape index (κ1) is 39.9. The van der Waals surface area contributed by atoms with Crippen LogP contribution in [0.15, 0.2) is 24.3 Å². The van der Waals surface area contributed by atoms with Gasteiger partial charge in [0, 0.05) is 12.6 Å². The van der Waals surface area contributed by atoms with Gasteiger partial charge < -0.3 is 62.6 Å². The third-order valence-electron chi connectivity index (χ3n) is 5.26. The number of nitrogen functional groups attached to an aromatic ring is 1. The van der Waals surface area contributed by atoms with E-state index in [-0.39, 0.29) is 12.6 Å². The molecule has 1 rings (SSSR count). The Balaban J connectivity index is 1.63. The molecule has 0 radical (unpaired) electrons. The smallest absolute Gasteiger partial charge is 0.302 e. The van der Waals surface area contributed by atoms with Crippen LogP contribution < -0.4 is 10.5 Å². The summed E-state index contributed by atoms with van der Waals surface area (Å²) in [5.74, 6) is 0.456. The van der Waals surface area contributed by atoms with Crippen molar-refractivity contribution in [2.75, 3.05) is 151 Å². The molecule has 0 amide bonds. The zero-order valence-corrected chi connectivity index (χ0v) is 26.3. The molecule has 0 aromatic heterocycles. The van der Waals surface area contributed by atoms with Crippen LogP contribution in [0.4, 0.5) is 5.69 Å². The molecule has 0 saturated heterocycles. The topological polar surface area (TPSA) is 154 Å². The van der Waals surface area contributed by atoms with E-state index in [0.29, 0.717) is 144 Å². The third kappa shape index (κ3) is 29.9. The van der Waals surface area contributed by atoms with Crippen LogP contribution in [0.2, 0.25) is 0 Å². The van der Waals surface area contributed by atoms with Crippen molar-refractivity contribution in [3.05, 3.63) is 24.3 Å². The maximum absolute atomic E-state index is 10.6. The van der Waals surface area contributed by atoms with Gasteiger partial charge in [0.25, 0.3) is 0 Å². The average Bonchev–Trinajstić information content (AvgIpc) is 3.02. The summed E-state index contributed by atoms with van der Waals surface area (Å²) in [5, 5.41) is 0. The van der Waals surface area contributed by atoms with Crippen molar-refractivity contribution in [3.63, 3.8) is 0 Å². The highest BCUT2D eigenvalue weighted by molar-refractivity contribution is 5.65. The van der Waals surface area contributed by atoms with E-state index in [4.69, 9.17) is 62.6 Å². The Bertz CT molecular complexity index is 742. The molecule has 0 saturated carbocycles. The van der Waals surface area contributed by atoms with E-state index in [2.05, 4.69) is 0 Å². The van der Waals surface area contributed by atoms with Gasteiger partial charge in [-0.25, -0.2) is 0 Å². The van der Waals surface area contributed by atoms with E-state index in [0.717, 1.165) is 5.75 Å². The summed E-state index contributed by atoms with van der Waals surface area (Å²) in [7, 11) is 0. The Kier molecular flexibility index (Phi) is 29.3. The Hall–Kier alpha value is -2.11. The molecule has 0 heterocycles. The monoisotopic (exact) mass is 635 g/mol. The molecule has 0 spiro atoms. The third-order valence-corrected chi connectivity index (χ3v) is 5.26. The minimum absolute atomic E-state index is 0.257. The summed E-state index contributed by atoms with van der Waals surface area (Å²) >= 11 is 0. The second-order valence-electron chi connectivity index (χ2n) is 8.88. The number of hydrogen-bond acceptors (Lipinski definition) is 14. The van der Waals surface area contributed by atoms with Gasteiger partial charge in [0.1, 0.15) is 19.0 Å². The Morgan fingerprint density at radius 2 is 0.682 bits per heavy atom. The second kappa shape index (κ2) is 32.3. The fourth-order valence-corrected chi connectivity index (χ4v) is 3.11. The first-order valence-corrected chi connectivity index (χ1v) is 15.1. The summed E-state index contributed by atoms with van der Waals surface area (Å²) in [4.78, 5) is 10.6. The molecule has 256 valence electrons. The lowest BCUT2D eigenvalue weighted by molar-refractivity contribution is -0.142. The van der Waals surface area contributed by atoms with E-state index in [9.17, 15) is 4.79 Å². The normalized spacial score (nSPS) is 11.2. The molecular formula is C30H53NO13. The number of hydrogen-bond donors (Lipinski definition) is 1. The molecule has 0 aliphatic carbocycles. The first-order chi connectivity index (χ1) is 21.7. The predicted molar refractivity (Wildman–Crippen MR) is 161 cm³/mol. The minimum Gasteiger partial charge on any atom is -0.491 e. The molecule has 0 aliphatic heterocycles. The maximum atomic E-state index is 10.6. The standard InChI is InChI=1S/C30H53NO13/c1-28(32)43-26-24-41-22-20-39-18-16-37-14-12-35-10-8-33-6-7-34-9-11-36-13-15-38-17-19-40-21-23-42-25-27-44-30-4-2-29(31)3-5-30/h2-5H,6-27,31H2,1H3. The fourth-order valence-electron chi connectivity index (χ4n) is 3.11. The van der Waals surface area contributed by atoms with E-state index < -0.39 is 0 Å². The number of esters is 1. The van der Waals surface area contributed by atoms with E-state index in [1.807, 2.05) is 12.1 Å². The molecule has 2 N–H and O–H groups in total. The molecule has 0 aliphatic rings. The van der Waals surface area contributed by atoms with Gasteiger partial charge in [-0.15, -0.1) is 0 Å². The number of anilines is 1. The van der Waals surface area contributed by atoms with Crippen LogP contribution in [-0.2, 0) is 56.9 Å². The summed E-state index contributed by atoms with van der Waals surface area (Å²) in [6.07, 6.45) is 0. The number of ether oxygens (including phenoxy) is 12. The van der Waals surface area contributed by atoms with Gasteiger partial charge in [0.2, 0.25) is 0 Å². The number of benzene rings is 1. The second-order valence-corrected chi connectivity index (χ2v) is 8.88. The van der Waals surface area contributed by atoms with Crippen LogP contribution >= 0.6 is 0 Å². The molecule has 0 atom stereocenters. The van der Waals surface area contributed by atoms with Gasteiger partial charge >= 0.3 is 5.97 Å². The van der Waals surface area contributed by atoms with Crippen molar-refractivity contribution in [2.45, 2.75) is 6.92 Å². The fraction of sp³-hybridized carbons (Fsp3) is 0.767. The van der Waals surface area contributed by atoms with Crippen LogP contribution in [0.3, 0.4) is 0 Å². The van der Waals surface area contributed by atoms with Gasteiger partial charge in [-0.1, -0.05) is 0 Å². The Labute approximate surface area is 261 Å². The molecule has 44 heavy (non-hydrogen) atoms. The minimum atomic E-state index is -0.312. The number of carbonyl (C=O) groups excluding carboxylic acids is 1. The molecular weight excluding hydrogens is 582 g/mol. The molecule has 0 fully saturated rings. The maximum Gasteiger partial charge on any atom is 0.302 e. The summed E-state index contributed by atoms with van der Waals surface area (Å²) in [5.41, 5.74) is 6.34. The Morgan fingerprint density at radius 1 is 0.432 bits per heavy atom. The number of nitrogens with two attached hydrogens (primary N) is 1. The van der Waals surface area contributed by atoms with Crippen molar-refractivity contribution in [1.82, 2.24) is 0 Å². The number of rotatable bonds is 34. The lowest BCUT2D eigenvalue weighted by atomic mass is 10.3. The Morgan fingerprint density at radius 3 is 0.955 bits per heavy atom. The lowest BCUT2D eigenvalue weighted by Gasteiger charge is -2.09. The molecule has 0 unspecified atom stereocenters. The van der Waals surface area contributed by atoms with Crippen molar-refractivity contribution < 1.29 is 61.6 Å². The largest absolute Gasteiger partial charge is 0.491 e. The van der Waals surface area contributed by atoms with Crippen LogP contribution in [0, 0.1) is 0 Å². The van der Waals surface area contributed by atoms with Crippen LogP contribution in [0.5, 0.6) is 5.75 Å². The quantitative estimate of drug-likeness (QED) is 0.0659. The predicted octanol–water partition coefficient (Wildman–Crippen LogP) is 1.38. The molecule has 1 aromatic carbocycles. The van der Waals surface area contributed by atoms with Crippen molar-refractivity contribution in [3.8, 4) is 5.75 Å². The van der Waals surface area contributed by atoms with Gasteiger partial charge in [0.15, 0.2) is 0 Å². The van der Waals surface area contributed by atoms with Gasteiger partial charge in [0.05, 0.1) is 132 Å². The highest BCUT2D eigenvalue weighted by Gasteiger charge is 1.97. The average molecular weight is 636 g/mol. The van der Waals surface area contributed by atoms with Gasteiger partial charge in [-0.2, -0.15) is 0 Å². The molecule has 14 heteroatoms. The van der Waals surface area contributed by atoms with Crippen molar-refractivity contribution in [2.24, 2.45) is 0 Å². The molecule has 0 bridgehead atoms. The van der Waals surface area contributed by atoms with Crippen LogP contribution in [0.25, 0.3) is 0 Å². The highest BCUT2D eigenvalue weighted by Crippen LogP contribution is 2.12. The first-order valence-electron chi connectivity index (χ1n) is 15.1. The summed E-state index contributed by atoms with van der Waals surface area (Å²) < 4.78 is 64.6. The molecule has 14 nitrogen and oxygen atoms in total.